The maximum absolute atomic E-state index is 11.4. The standard InChI is InChI=1S/C14H18N2O2/c1-3-10-6-11-9(2)8-16(5-4-15)13(11)12(7-10)14(17)18/h6-8H,3-5,15H2,1-2H3,(H,17,18). The number of hydrogen-bond acceptors (Lipinski definition) is 2. The number of rotatable bonds is 4. The van der Waals surface area contributed by atoms with Gasteiger partial charge in [-0.2, -0.15) is 0 Å². The van der Waals surface area contributed by atoms with Crippen molar-refractivity contribution >= 4 is 16.9 Å². The van der Waals surface area contributed by atoms with Crippen molar-refractivity contribution in [2.24, 2.45) is 5.73 Å². The van der Waals surface area contributed by atoms with E-state index in [4.69, 9.17) is 5.73 Å². The van der Waals surface area contributed by atoms with Gasteiger partial charge in [0.15, 0.2) is 0 Å². The summed E-state index contributed by atoms with van der Waals surface area (Å²) in [4.78, 5) is 11.4. The third kappa shape index (κ3) is 1.99. The van der Waals surface area contributed by atoms with E-state index in [1.807, 2.05) is 24.6 Å². The Balaban J connectivity index is 2.80. The zero-order valence-corrected chi connectivity index (χ0v) is 10.7. The second-order valence-corrected chi connectivity index (χ2v) is 4.49. The minimum absolute atomic E-state index is 0.367. The Morgan fingerprint density at radius 3 is 2.72 bits per heavy atom. The lowest BCUT2D eigenvalue weighted by atomic mass is 10.0. The Hall–Kier alpha value is -1.81. The summed E-state index contributed by atoms with van der Waals surface area (Å²) in [5, 5.41) is 10.4. The number of benzene rings is 1. The van der Waals surface area contributed by atoms with Gasteiger partial charge in [0, 0.05) is 24.7 Å². The van der Waals surface area contributed by atoms with Crippen LogP contribution in [0.2, 0.25) is 0 Å². The predicted octanol–water partition coefficient (Wildman–Crippen LogP) is 2.17. The summed E-state index contributed by atoms with van der Waals surface area (Å²) in [6.07, 6.45) is 2.81. The SMILES string of the molecule is CCc1cc(C(=O)O)c2c(c1)c(C)cn2CCN. The van der Waals surface area contributed by atoms with Gasteiger partial charge in [0.05, 0.1) is 11.1 Å². The molecule has 0 aliphatic carbocycles. The average Bonchev–Trinajstić information content (AvgIpc) is 2.66. The first-order valence-electron chi connectivity index (χ1n) is 6.14. The molecule has 0 spiro atoms. The summed E-state index contributed by atoms with van der Waals surface area (Å²) in [6, 6.07) is 3.83. The van der Waals surface area contributed by atoms with E-state index in [1.165, 1.54) is 0 Å². The van der Waals surface area contributed by atoms with Crippen molar-refractivity contribution in [3.05, 3.63) is 35.0 Å². The fourth-order valence-corrected chi connectivity index (χ4v) is 2.35. The van der Waals surface area contributed by atoms with E-state index in [0.29, 0.717) is 18.7 Å². The molecule has 0 amide bonds. The maximum atomic E-state index is 11.4. The second-order valence-electron chi connectivity index (χ2n) is 4.49. The number of fused-ring (bicyclic) bond motifs is 1. The molecule has 0 bridgehead atoms. The lowest BCUT2D eigenvalue weighted by Crippen LogP contribution is -2.11. The first kappa shape index (κ1) is 12.6. The van der Waals surface area contributed by atoms with Gasteiger partial charge in [0.2, 0.25) is 0 Å². The number of carbonyl (C=O) groups is 1. The summed E-state index contributed by atoms with van der Waals surface area (Å²) >= 11 is 0. The first-order valence-corrected chi connectivity index (χ1v) is 6.14. The van der Waals surface area contributed by atoms with Crippen LogP contribution < -0.4 is 5.73 Å². The van der Waals surface area contributed by atoms with Gasteiger partial charge in [-0.25, -0.2) is 4.79 Å². The van der Waals surface area contributed by atoms with E-state index < -0.39 is 5.97 Å². The highest BCUT2D eigenvalue weighted by Crippen LogP contribution is 2.26. The van der Waals surface area contributed by atoms with Crippen molar-refractivity contribution in [1.82, 2.24) is 4.57 Å². The Labute approximate surface area is 106 Å². The number of aryl methyl sites for hydroxylation is 2. The van der Waals surface area contributed by atoms with Crippen LogP contribution in [-0.4, -0.2) is 22.2 Å². The van der Waals surface area contributed by atoms with E-state index in [0.717, 1.165) is 28.5 Å². The highest BCUT2D eigenvalue weighted by atomic mass is 16.4. The van der Waals surface area contributed by atoms with Crippen molar-refractivity contribution in [3.8, 4) is 0 Å². The summed E-state index contributed by atoms with van der Waals surface area (Å²) in [5.74, 6) is -0.883. The molecule has 4 nitrogen and oxygen atoms in total. The van der Waals surface area contributed by atoms with Crippen molar-refractivity contribution in [1.29, 1.82) is 0 Å². The number of nitrogens with zero attached hydrogens (tertiary/aromatic N) is 1. The van der Waals surface area contributed by atoms with Crippen LogP contribution in [0.4, 0.5) is 0 Å². The molecule has 0 fully saturated rings. The Morgan fingerprint density at radius 1 is 1.44 bits per heavy atom. The zero-order chi connectivity index (χ0) is 13.3. The van der Waals surface area contributed by atoms with Crippen LogP contribution in [0.15, 0.2) is 18.3 Å². The quantitative estimate of drug-likeness (QED) is 0.868. The molecule has 0 saturated carbocycles. The van der Waals surface area contributed by atoms with E-state index in [9.17, 15) is 9.90 Å². The molecule has 0 saturated heterocycles. The van der Waals surface area contributed by atoms with Crippen LogP contribution in [0.1, 0.15) is 28.4 Å². The monoisotopic (exact) mass is 246 g/mol. The molecule has 2 aromatic rings. The van der Waals surface area contributed by atoms with Gasteiger partial charge in [-0.15, -0.1) is 0 Å². The largest absolute Gasteiger partial charge is 0.478 e. The summed E-state index contributed by atoms with van der Waals surface area (Å²) in [5.41, 5.74) is 8.86. The van der Waals surface area contributed by atoms with E-state index in [-0.39, 0.29) is 0 Å². The lowest BCUT2D eigenvalue weighted by molar-refractivity contribution is 0.0698. The maximum Gasteiger partial charge on any atom is 0.337 e. The minimum Gasteiger partial charge on any atom is -0.478 e. The number of aromatic carboxylic acids is 1. The third-order valence-electron chi connectivity index (χ3n) is 3.24. The lowest BCUT2D eigenvalue weighted by Gasteiger charge is -2.08. The summed E-state index contributed by atoms with van der Waals surface area (Å²) in [7, 11) is 0. The number of carboxylic acids is 1. The van der Waals surface area contributed by atoms with Crippen LogP contribution in [0.25, 0.3) is 10.9 Å². The number of hydrogen-bond donors (Lipinski definition) is 2. The Bertz CT molecular complexity index is 599. The topological polar surface area (TPSA) is 68.2 Å². The van der Waals surface area contributed by atoms with Crippen LogP contribution in [0, 0.1) is 6.92 Å². The molecule has 3 N–H and O–H groups in total. The van der Waals surface area contributed by atoms with E-state index >= 15 is 0 Å². The molecule has 2 rings (SSSR count). The average molecular weight is 246 g/mol. The number of nitrogens with two attached hydrogens (primary N) is 1. The second kappa shape index (κ2) is 4.82. The first-order chi connectivity index (χ1) is 8.58. The van der Waals surface area contributed by atoms with Gasteiger partial charge in [-0.05, 0) is 36.6 Å². The van der Waals surface area contributed by atoms with Crippen molar-refractivity contribution in [2.75, 3.05) is 6.54 Å². The number of aromatic nitrogens is 1. The molecule has 0 unspecified atom stereocenters. The smallest absolute Gasteiger partial charge is 0.337 e. The molecule has 0 atom stereocenters. The predicted molar refractivity (Wildman–Crippen MR) is 72.1 cm³/mol. The van der Waals surface area contributed by atoms with Gasteiger partial charge in [0.25, 0.3) is 0 Å². The van der Waals surface area contributed by atoms with E-state index in [2.05, 4.69) is 6.07 Å². The molecule has 1 aromatic carbocycles. The molecule has 0 radical (unpaired) electrons. The minimum atomic E-state index is -0.883. The van der Waals surface area contributed by atoms with Crippen molar-refractivity contribution in [2.45, 2.75) is 26.8 Å². The molecular formula is C14H18N2O2. The van der Waals surface area contributed by atoms with Gasteiger partial charge < -0.3 is 15.4 Å². The molecule has 4 heteroatoms. The van der Waals surface area contributed by atoms with Gasteiger partial charge in [0.1, 0.15) is 0 Å². The molecule has 0 aliphatic heterocycles. The van der Waals surface area contributed by atoms with Gasteiger partial charge >= 0.3 is 5.97 Å². The molecule has 96 valence electrons. The van der Waals surface area contributed by atoms with E-state index in [1.54, 1.807) is 6.07 Å². The van der Waals surface area contributed by atoms with Crippen LogP contribution in [0.5, 0.6) is 0 Å². The molecule has 1 aromatic heterocycles. The molecule has 1 heterocycles. The van der Waals surface area contributed by atoms with Gasteiger partial charge in [-0.1, -0.05) is 6.92 Å². The van der Waals surface area contributed by atoms with Crippen molar-refractivity contribution in [3.63, 3.8) is 0 Å². The fraction of sp³-hybridized carbons (Fsp3) is 0.357. The van der Waals surface area contributed by atoms with Crippen LogP contribution >= 0.6 is 0 Å². The molecule has 18 heavy (non-hydrogen) atoms. The Kier molecular flexibility index (Phi) is 3.39. The third-order valence-corrected chi connectivity index (χ3v) is 3.24. The summed E-state index contributed by atoms with van der Waals surface area (Å²) in [6.45, 7) is 5.16. The highest BCUT2D eigenvalue weighted by Gasteiger charge is 2.15. The molecular weight excluding hydrogens is 228 g/mol. The number of carboxylic acid groups (broad SMARTS) is 1. The normalized spacial score (nSPS) is 11.1. The molecule has 0 aliphatic rings. The zero-order valence-electron chi connectivity index (χ0n) is 10.7. The summed E-state index contributed by atoms with van der Waals surface area (Å²) < 4.78 is 1.94. The van der Waals surface area contributed by atoms with Crippen molar-refractivity contribution < 1.29 is 9.90 Å². The Morgan fingerprint density at radius 2 is 2.17 bits per heavy atom. The fourth-order valence-electron chi connectivity index (χ4n) is 2.35. The van der Waals surface area contributed by atoms with Crippen LogP contribution in [0.3, 0.4) is 0 Å². The highest BCUT2D eigenvalue weighted by molar-refractivity contribution is 6.03. The van der Waals surface area contributed by atoms with Crippen LogP contribution in [-0.2, 0) is 13.0 Å². The van der Waals surface area contributed by atoms with Gasteiger partial charge in [-0.3, -0.25) is 0 Å².